The van der Waals surface area contributed by atoms with Gasteiger partial charge in [0, 0.05) is 15.6 Å². The number of halogens is 3. The molecule has 2 rings (SSSR count). The molecule has 0 saturated carbocycles. The SMILES string of the molecule is CCC(C)(C)NCc1ccc(-c2ccc(Br)cc2Cl)o1.Cl. The lowest BCUT2D eigenvalue weighted by Crippen LogP contribution is -2.37. The van der Waals surface area contributed by atoms with Gasteiger partial charge < -0.3 is 9.73 Å². The maximum Gasteiger partial charge on any atom is 0.135 e. The number of hydrogen-bond acceptors (Lipinski definition) is 2. The first-order valence-corrected chi connectivity index (χ1v) is 7.87. The topological polar surface area (TPSA) is 25.2 Å². The second-order valence-corrected chi connectivity index (χ2v) is 6.80. The van der Waals surface area contributed by atoms with Crippen molar-refractivity contribution in [3.05, 3.63) is 45.6 Å². The zero-order valence-electron chi connectivity index (χ0n) is 12.4. The van der Waals surface area contributed by atoms with E-state index >= 15 is 0 Å². The van der Waals surface area contributed by atoms with Gasteiger partial charge in [0.05, 0.1) is 11.6 Å². The molecule has 0 spiro atoms. The molecule has 5 heteroatoms. The van der Waals surface area contributed by atoms with Crippen LogP contribution in [0.5, 0.6) is 0 Å². The third kappa shape index (κ3) is 5.03. The predicted molar refractivity (Wildman–Crippen MR) is 95.3 cm³/mol. The van der Waals surface area contributed by atoms with E-state index in [-0.39, 0.29) is 17.9 Å². The summed E-state index contributed by atoms with van der Waals surface area (Å²) in [7, 11) is 0. The van der Waals surface area contributed by atoms with E-state index in [2.05, 4.69) is 42.0 Å². The molecule has 2 nitrogen and oxygen atoms in total. The molecule has 0 atom stereocenters. The summed E-state index contributed by atoms with van der Waals surface area (Å²) in [5.74, 6) is 1.72. The Labute approximate surface area is 145 Å². The van der Waals surface area contributed by atoms with Crippen molar-refractivity contribution in [1.82, 2.24) is 5.32 Å². The average Bonchev–Trinajstić information content (AvgIpc) is 2.85. The molecular formula is C16H20BrCl2NO. The molecule has 0 fully saturated rings. The number of rotatable bonds is 5. The molecule has 0 bridgehead atoms. The van der Waals surface area contributed by atoms with Crippen molar-refractivity contribution in [3.8, 4) is 11.3 Å². The van der Waals surface area contributed by atoms with Gasteiger partial charge in [-0.2, -0.15) is 0 Å². The fraction of sp³-hybridized carbons (Fsp3) is 0.375. The van der Waals surface area contributed by atoms with Gasteiger partial charge in [0.1, 0.15) is 11.5 Å². The van der Waals surface area contributed by atoms with Crippen molar-refractivity contribution in [2.24, 2.45) is 0 Å². The fourth-order valence-corrected chi connectivity index (χ4v) is 2.52. The van der Waals surface area contributed by atoms with Crippen LogP contribution in [0.1, 0.15) is 33.0 Å². The number of nitrogens with one attached hydrogen (secondary N) is 1. The van der Waals surface area contributed by atoms with Crippen LogP contribution < -0.4 is 5.32 Å². The van der Waals surface area contributed by atoms with Crippen molar-refractivity contribution < 1.29 is 4.42 Å². The second-order valence-electron chi connectivity index (χ2n) is 5.48. The highest BCUT2D eigenvalue weighted by Gasteiger charge is 2.15. The van der Waals surface area contributed by atoms with Crippen LogP contribution in [0, 0.1) is 0 Å². The van der Waals surface area contributed by atoms with E-state index in [1.807, 2.05) is 30.3 Å². The first kappa shape index (κ1) is 18.6. The Morgan fingerprint density at radius 1 is 1.24 bits per heavy atom. The van der Waals surface area contributed by atoms with Crippen LogP contribution in [0.2, 0.25) is 5.02 Å². The predicted octanol–water partition coefficient (Wildman–Crippen LogP) is 6.06. The molecule has 1 aromatic carbocycles. The Balaban J connectivity index is 0.00000220. The van der Waals surface area contributed by atoms with E-state index in [1.165, 1.54) is 0 Å². The van der Waals surface area contributed by atoms with Crippen molar-refractivity contribution >= 4 is 39.9 Å². The minimum atomic E-state index is 0. The average molecular weight is 393 g/mol. The zero-order valence-corrected chi connectivity index (χ0v) is 15.5. The van der Waals surface area contributed by atoms with Crippen LogP contribution in [0.15, 0.2) is 39.2 Å². The van der Waals surface area contributed by atoms with E-state index < -0.39 is 0 Å². The molecule has 0 aliphatic heterocycles. The summed E-state index contributed by atoms with van der Waals surface area (Å²) in [5.41, 5.74) is 1.03. The number of hydrogen-bond donors (Lipinski definition) is 1. The van der Waals surface area contributed by atoms with E-state index in [1.54, 1.807) is 0 Å². The van der Waals surface area contributed by atoms with Gasteiger partial charge in [-0.1, -0.05) is 34.5 Å². The van der Waals surface area contributed by atoms with Gasteiger partial charge in [-0.15, -0.1) is 12.4 Å². The van der Waals surface area contributed by atoms with Gasteiger partial charge >= 0.3 is 0 Å². The first-order chi connectivity index (χ1) is 9.41. The molecule has 2 aromatic rings. The third-order valence-electron chi connectivity index (χ3n) is 3.48. The summed E-state index contributed by atoms with van der Waals surface area (Å²) in [5, 5.41) is 4.16. The second kappa shape index (κ2) is 7.68. The van der Waals surface area contributed by atoms with Crippen LogP contribution in [0.3, 0.4) is 0 Å². The van der Waals surface area contributed by atoms with Crippen LogP contribution in [-0.2, 0) is 6.54 Å². The lowest BCUT2D eigenvalue weighted by molar-refractivity contribution is 0.353. The van der Waals surface area contributed by atoms with E-state index in [9.17, 15) is 0 Å². The summed E-state index contributed by atoms with van der Waals surface area (Å²) in [6.45, 7) is 7.25. The summed E-state index contributed by atoms with van der Waals surface area (Å²) in [6, 6.07) is 9.75. The largest absolute Gasteiger partial charge is 0.460 e. The minimum Gasteiger partial charge on any atom is -0.460 e. The van der Waals surface area contributed by atoms with Gasteiger partial charge in [-0.05, 0) is 50.6 Å². The highest BCUT2D eigenvalue weighted by Crippen LogP contribution is 2.31. The van der Waals surface area contributed by atoms with Gasteiger partial charge in [-0.3, -0.25) is 0 Å². The fourth-order valence-electron chi connectivity index (χ4n) is 1.76. The normalized spacial score (nSPS) is 11.3. The molecule has 0 amide bonds. The van der Waals surface area contributed by atoms with Crippen molar-refractivity contribution in [3.63, 3.8) is 0 Å². The lowest BCUT2D eigenvalue weighted by Gasteiger charge is -2.23. The Hall–Kier alpha value is -0.480. The van der Waals surface area contributed by atoms with Gasteiger partial charge in [-0.25, -0.2) is 0 Å². The molecule has 116 valence electrons. The van der Waals surface area contributed by atoms with Crippen LogP contribution in [0.4, 0.5) is 0 Å². The van der Waals surface area contributed by atoms with Gasteiger partial charge in [0.25, 0.3) is 0 Å². The van der Waals surface area contributed by atoms with Crippen molar-refractivity contribution in [1.29, 1.82) is 0 Å². The molecule has 21 heavy (non-hydrogen) atoms. The lowest BCUT2D eigenvalue weighted by atomic mass is 10.0. The van der Waals surface area contributed by atoms with Crippen molar-refractivity contribution in [2.45, 2.75) is 39.3 Å². The summed E-state index contributed by atoms with van der Waals surface area (Å²) < 4.78 is 6.83. The number of furan rings is 1. The van der Waals surface area contributed by atoms with E-state index in [0.717, 1.165) is 34.5 Å². The minimum absolute atomic E-state index is 0. The maximum absolute atomic E-state index is 6.24. The maximum atomic E-state index is 6.24. The molecule has 1 aromatic heterocycles. The monoisotopic (exact) mass is 391 g/mol. The Kier molecular flexibility index (Phi) is 6.79. The summed E-state index contributed by atoms with van der Waals surface area (Å²) in [4.78, 5) is 0. The smallest absolute Gasteiger partial charge is 0.135 e. The summed E-state index contributed by atoms with van der Waals surface area (Å²) in [6.07, 6.45) is 1.07. The van der Waals surface area contributed by atoms with Gasteiger partial charge in [0.2, 0.25) is 0 Å². The molecule has 0 unspecified atom stereocenters. The first-order valence-electron chi connectivity index (χ1n) is 6.70. The molecule has 0 radical (unpaired) electrons. The Morgan fingerprint density at radius 2 is 1.95 bits per heavy atom. The van der Waals surface area contributed by atoms with E-state index in [0.29, 0.717) is 5.02 Å². The Bertz CT molecular complexity index is 596. The third-order valence-corrected chi connectivity index (χ3v) is 4.29. The molecule has 0 aliphatic carbocycles. The molecule has 1 N–H and O–H groups in total. The zero-order chi connectivity index (χ0) is 14.8. The van der Waals surface area contributed by atoms with Gasteiger partial charge in [0.15, 0.2) is 0 Å². The molecule has 0 aliphatic rings. The van der Waals surface area contributed by atoms with E-state index in [4.69, 9.17) is 16.0 Å². The Morgan fingerprint density at radius 3 is 2.57 bits per heavy atom. The molecular weight excluding hydrogens is 373 g/mol. The summed E-state index contributed by atoms with van der Waals surface area (Å²) >= 11 is 9.64. The number of benzene rings is 1. The van der Waals surface area contributed by atoms with Crippen LogP contribution in [-0.4, -0.2) is 5.54 Å². The van der Waals surface area contributed by atoms with Crippen molar-refractivity contribution in [2.75, 3.05) is 0 Å². The highest BCUT2D eigenvalue weighted by molar-refractivity contribution is 9.10. The standard InChI is InChI=1S/C16H19BrClNO.ClH/c1-4-16(2,3)19-10-12-6-8-15(20-12)13-7-5-11(17)9-14(13)18;/h5-9,19H,4,10H2,1-3H3;1H. The van der Waals surface area contributed by atoms with Crippen LogP contribution in [0.25, 0.3) is 11.3 Å². The van der Waals surface area contributed by atoms with Crippen LogP contribution >= 0.6 is 39.9 Å². The highest BCUT2D eigenvalue weighted by atomic mass is 79.9. The molecule has 0 saturated heterocycles. The molecule has 1 heterocycles. The quantitative estimate of drug-likeness (QED) is 0.668.